The number of nitrogens with one attached hydrogen (secondary N) is 3. The molecule has 4 heterocycles. The number of aliphatic carboxylic acids is 3. The van der Waals surface area contributed by atoms with Crippen molar-refractivity contribution in [3.63, 3.8) is 0 Å². The van der Waals surface area contributed by atoms with Crippen molar-refractivity contribution in [3.8, 4) is 22.5 Å². The summed E-state index contributed by atoms with van der Waals surface area (Å²) >= 11 is 14.6. The van der Waals surface area contributed by atoms with Gasteiger partial charge < -0.3 is 36.2 Å². The molecule has 3 atom stereocenters. The fourth-order valence-corrected chi connectivity index (χ4v) is 11.6. The van der Waals surface area contributed by atoms with Crippen LogP contribution in [-0.2, 0) is 52.8 Å². The van der Waals surface area contributed by atoms with Gasteiger partial charge in [0.2, 0.25) is 23.6 Å². The molecule has 466 valence electrons. The molecule has 5 amide bonds. The zero-order valence-corrected chi connectivity index (χ0v) is 52.0. The Kier molecular flexibility index (Phi) is 24.3. The van der Waals surface area contributed by atoms with Crippen LogP contribution in [0.5, 0.6) is 0 Å². The number of amides is 5. The van der Waals surface area contributed by atoms with Gasteiger partial charge in [0.25, 0.3) is 5.91 Å². The van der Waals surface area contributed by atoms with Crippen LogP contribution in [0.1, 0.15) is 59.3 Å². The Hall–Kier alpha value is -10.0. The Balaban J connectivity index is 0.000000177. The van der Waals surface area contributed by atoms with Gasteiger partial charge in [-0.15, -0.1) is 32.9 Å². The number of carboxylic acid groups (broad SMARTS) is 3. The van der Waals surface area contributed by atoms with Crippen molar-refractivity contribution in [1.82, 2.24) is 20.2 Å². The number of rotatable bonds is 23. The minimum Gasteiger partial charge on any atom is -0.481 e. The van der Waals surface area contributed by atoms with Crippen LogP contribution >= 0.6 is 45.9 Å². The van der Waals surface area contributed by atoms with E-state index in [-0.39, 0.29) is 54.1 Å². The lowest BCUT2D eigenvalue weighted by Gasteiger charge is -2.21. The Bertz CT molecular complexity index is 3990. The molecule has 0 spiro atoms. The van der Waals surface area contributed by atoms with E-state index in [4.69, 9.17) is 33.4 Å². The maximum absolute atomic E-state index is 13.2. The van der Waals surface area contributed by atoms with Crippen LogP contribution in [0.15, 0.2) is 187 Å². The Morgan fingerprint density at radius 3 is 1.60 bits per heavy atom. The van der Waals surface area contributed by atoms with E-state index in [0.717, 1.165) is 51.3 Å². The van der Waals surface area contributed by atoms with Crippen molar-refractivity contribution < 1.29 is 53.7 Å². The van der Waals surface area contributed by atoms with Gasteiger partial charge in [-0.05, 0) is 78.8 Å². The Morgan fingerprint density at radius 2 is 1.07 bits per heavy atom. The SMILES string of the molecule is CN(C(=O)[C@@H](CC(=O)O)Cc1ccccc1)c1nc(-c2ccccc2N2CCCC2=O)cs1.O=C(O)C[C@@H](Cc1ccccc1)C(=O)Nc1ccc(-c2ccccc2Cl)nn1.O=C(O)C[C@@H](Cc1ccccc1)C(=O)Nc1nc(C(=O)Nc2ccccc2Cl)cs1. The lowest BCUT2D eigenvalue weighted by Crippen LogP contribution is -2.35. The second kappa shape index (κ2) is 33.0. The maximum Gasteiger partial charge on any atom is 0.304 e. The van der Waals surface area contributed by atoms with Gasteiger partial charge in [0.05, 0.1) is 69.8 Å². The van der Waals surface area contributed by atoms with E-state index in [0.29, 0.717) is 58.1 Å². The summed E-state index contributed by atoms with van der Waals surface area (Å²) in [7, 11) is 1.63. The minimum atomic E-state index is -1.06. The molecule has 1 aliphatic heterocycles. The lowest BCUT2D eigenvalue weighted by atomic mass is 9.95. The van der Waals surface area contributed by atoms with E-state index < -0.39 is 53.4 Å². The highest BCUT2D eigenvalue weighted by Crippen LogP contribution is 2.36. The van der Waals surface area contributed by atoms with Gasteiger partial charge in [0, 0.05) is 41.9 Å². The molecule has 3 aromatic heterocycles. The van der Waals surface area contributed by atoms with Crippen molar-refractivity contribution in [1.29, 1.82) is 0 Å². The smallest absolute Gasteiger partial charge is 0.304 e. The number of nitrogens with zero attached hydrogens (tertiary/aromatic N) is 6. The predicted octanol–water partition coefficient (Wildman–Crippen LogP) is 12.6. The number of hydrogen-bond donors (Lipinski definition) is 6. The summed E-state index contributed by atoms with van der Waals surface area (Å²) in [6, 6.07) is 52.9. The molecule has 0 saturated carbocycles. The highest BCUT2D eigenvalue weighted by atomic mass is 35.5. The van der Waals surface area contributed by atoms with Crippen LogP contribution in [-0.4, -0.2) is 96.5 Å². The maximum atomic E-state index is 13.2. The third-order valence-corrected chi connectivity index (χ3v) is 16.5. The van der Waals surface area contributed by atoms with E-state index >= 15 is 0 Å². The van der Waals surface area contributed by atoms with Gasteiger partial charge >= 0.3 is 17.9 Å². The Labute approximate surface area is 541 Å². The second-order valence-corrected chi connectivity index (χ2v) is 23.3. The van der Waals surface area contributed by atoms with Gasteiger partial charge in [-0.1, -0.05) is 163 Å². The standard InChI is InChI=1S/C25H25N3O4S.C21H18ClN3O4S.C21H18ClN3O3/c1-27(24(32)18(15-23(30)31)14-17-8-3-2-4-9-17)25-26-20(16-33-25)19-10-5-6-11-21(19)28-13-7-12-22(28)29;22-15-8-4-5-9-16(15)23-20(29)17-12-30-21(24-17)25-19(28)14(11-18(26)27)10-13-6-2-1-3-7-13;22-17-9-5-4-8-16(17)18-10-11-19(25-24-18)23-21(28)15(13-20(26)27)12-14-6-2-1-3-7-14/h2-6,8-11,16,18H,7,12-15H2,1H3,(H,30,31);1-9,12,14H,10-11H2,(H,23,29)(H,26,27)(H,24,25,28);1-11,15H,12-13H2,(H,26,27)(H,23,25,28)/t18-;14-;15-/m111/s1. The summed E-state index contributed by atoms with van der Waals surface area (Å²) in [5.41, 5.74) is 6.89. The van der Waals surface area contributed by atoms with Crippen molar-refractivity contribution >= 4 is 121 Å². The molecular weight excluding hydrogens is 1240 g/mol. The molecule has 1 aliphatic rings. The van der Waals surface area contributed by atoms with Gasteiger partial charge in [0.15, 0.2) is 16.1 Å². The summed E-state index contributed by atoms with van der Waals surface area (Å²) < 4.78 is 0. The number of hydrogen-bond acceptors (Lipinski definition) is 14. The number of carbonyl (C=O) groups excluding carboxylic acids is 5. The number of aromatic nitrogens is 4. The van der Waals surface area contributed by atoms with E-state index in [1.54, 1.807) is 54.4 Å². The van der Waals surface area contributed by atoms with E-state index in [9.17, 15) is 43.5 Å². The van der Waals surface area contributed by atoms with Gasteiger partial charge in [-0.25, -0.2) is 9.97 Å². The summed E-state index contributed by atoms with van der Waals surface area (Å²) in [5.74, 6) is -6.57. The van der Waals surface area contributed by atoms with Gasteiger partial charge in [-0.3, -0.25) is 43.3 Å². The number of carboxylic acids is 3. The molecule has 9 aromatic rings. The van der Waals surface area contributed by atoms with Crippen LogP contribution in [0.3, 0.4) is 0 Å². The molecule has 91 heavy (non-hydrogen) atoms. The highest BCUT2D eigenvalue weighted by Gasteiger charge is 2.30. The number of benzene rings is 6. The first-order chi connectivity index (χ1) is 43.9. The van der Waals surface area contributed by atoms with Gasteiger partial charge in [-0.2, -0.15) is 0 Å². The molecule has 6 N–H and O–H groups in total. The molecule has 1 fully saturated rings. The largest absolute Gasteiger partial charge is 0.481 e. The molecular formula is C67H61Cl2N9O11S2. The van der Waals surface area contributed by atoms with Gasteiger partial charge in [0.1, 0.15) is 5.69 Å². The van der Waals surface area contributed by atoms with E-state index in [1.165, 1.54) is 21.6 Å². The van der Waals surface area contributed by atoms with Crippen LogP contribution in [0, 0.1) is 17.8 Å². The average molecular weight is 1300 g/mol. The topological polar surface area (TPSA) is 291 Å². The van der Waals surface area contributed by atoms with E-state index in [2.05, 4.69) is 36.1 Å². The monoisotopic (exact) mass is 1300 g/mol. The summed E-state index contributed by atoms with van der Waals surface area (Å²) in [6.07, 6.45) is 1.48. The van der Waals surface area contributed by atoms with Crippen LogP contribution < -0.4 is 25.8 Å². The molecule has 0 unspecified atom stereocenters. The lowest BCUT2D eigenvalue weighted by molar-refractivity contribution is -0.140. The first-order valence-corrected chi connectivity index (χ1v) is 31.0. The molecule has 24 heteroatoms. The summed E-state index contributed by atoms with van der Waals surface area (Å²) in [5, 5.41) is 48.7. The second-order valence-electron chi connectivity index (χ2n) is 20.8. The minimum absolute atomic E-state index is 0.0997. The van der Waals surface area contributed by atoms with Crippen LogP contribution in [0.2, 0.25) is 10.0 Å². The third-order valence-electron chi connectivity index (χ3n) is 14.1. The number of carbonyl (C=O) groups is 8. The fourth-order valence-electron chi connectivity index (χ4n) is 9.66. The molecule has 0 bridgehead atoms. The number of thiazole rings is 2. The van der Waals surface area contributed by atoms with Crippen molar-refractivity contribution in [2.75, 3.05) is 39.3 Å². The van der Waals surface area contributed by atoms with E-state index in [1.807, 2.05) is 139 Å². The summed E-state index contributed by atoms with van der Waals surface area (Å²) in [6.45, 7) is 0.682. The Morgan fingerprint density at radius 1 is 0.549 bits per heavy atom. The average Bonchev–Trinajstić information content (AvgIpc) is 1.76. The number of para-hydroxylation sites is 2. The third kappa shape index (κ3) is 19.7. The predicted molar refractivity (Wildman–Crippen MR) is 351 cm³/mol. The van der Waals surface area contributed by atoms with Crippen molar-refractivity contribution in [3.05, 3.63) is 219 Å². The highest BCUT2D eigenvalue weighted by molar-refractivity contribution is 7.14. The summed E-state index contributed by atoms with van der Waals surface area (Å²) in [4.78, 5) is 109. The van der Waals surface area contributed by atoms with Crippen molar-refractivity contribution in [2.45, 2.75) is 51.4 Å². The fraction of sp³-hybridized carbons (Fsp3) is 0.194. The molecule has 0 radical (unpaired) electrons. The van der Waals surface area contributed by atoms with Crippen molar-refractivity contribution in [2.24, 2.45) is 17.8 Å². The molecule has 6 aromatic carbocycles. The number of halogens is 2. The molecule has 20 nitrogen and oxygen atoms in total. The molecule has 0 aliphatic carbocycles. The quantitative estimate of drug-likeness (QED) is 0.0347. The molecule has 1 saturated heterocycles. The zero-order valence-electron chi connectivity index (χ0n) is 48.9. The molecule has 10 rings (SSSR count). The van der Waals surface area contributed by atoms with Crippen LogP contribution in [0.4, 0.5) is 27.5 Å². The zero-order chi connectivity index (χ0) is 64.8. The van der Waals surface area contributed by atoms with Crippen LogP contribution in [0.25, 0.3) is 22.5 Å². The normalized spacial score (nSPS) is 12.6. The first-order valence-electron chi connectivity index (χ1n) is 28.5. The number of anilines is 5. The first kappa shape index (κ1) is 66.9.